The Kier molecular flexibility index (Phi) is 5.30. The van der Waals surface area contributed by atoms with Crippen LogP contribution in [0.2, 0.25) is 0 Å². The number of piperazine rings is 1. The van der Waals surface area contributed by atoms with Crippen LogP contribution in [0.25, 0.3) is 0 Å². The van der Waals surface area contributed by atoms with Gasteiger partial charge in [0.25, 0.3) is 5.91 Å². The average Bonchev–Trinajstić information content (AvgIpc) is 3.23. The number of hydrogen-bond acceptors (Lipinski definition) is 5. The summed E-state index contributed by atoms with van der Waals surface area (Å²) >= 11 is 1.48. The molecule has 0 aromatic carbocycles. The molecule has 3 rings (SSSR count). The topological polar surface area (TPSA) is 53.1 Å². The smallest absolute Gasteiger partial charge is 0.264 e. The molecule has 3 heterocycles. The van der Waals surface area contributed by atoms with Crippen molar-refractivity contribution in [3.8, 4) is 0 Å². The summed E-state index contributed by atoms with van der Waals surface area (Å²) in [6.07, 6.45) is 0.876. The van der Waals surface area contributed by atoms with Gasteiger partial charge in [0, 0.05) is 46.4 Å². The Morgan fingerprint density at radius 2 is 2.09 bits per heavy atom. The van der Waals surface area contributed by atoms with Crippen molar-refractivity contribution in [3.63, 3.8) is 0 Å². The van der Waals surface area contributed by atoms with E-state index < -0.39 is 0 Å². The van der Waals surface area contributed by atoms with Crippen LogP contribution in [0.5, 0.6) is 0 Å². The number of likely N-dealkylation sites (tertiary alicyclic amines) is 1. The Labute approximate surface area is 140 Å². The highest BCUT2D eigenvalue weighted by molar-refractivity contribution is 7.12. The second-order valence-electron chi connectivity index (χ2n) is 5.93. The third kappa shape index (κ3) is 3.57. The maximum atomic E-state index is 12.5. The fourth-order valence-electron chi connectivity index (χ4n) is 3.28. The highest BCUT2D eigenvalue weighted by Gasteiger charge is 2.37. The molecule has 126 valence electrons. The second kappa shape index (κ2) is 7.42. The first-order valence-corrected chi connectivity index (χ1v) is 8.93. The van der Waals surface area contributed by atoms with Gasteiger partial charge >= 0.3 is 0 Å². The lowest BCUT2D eigenvalue weighted by Gasteiger charge is -2.37. The summed E-state index contributed by atoms with van der Waals surface area (Å²) in [5.41, 5.74) is 0. The van der Waals surface area contributed by atoms with Gasteiger partial charge in [-0.1, -0.05) is 6.07 Å². The zero-order valence-electron chi connectivity index (χ0n) is 13.4. The first-order chi connectivity index (χ1) is 11.2. The van der Waals surface area contributed by atoms with E-state index in [-0.39, 0.29) is 17.9 Å². The molecular formula is C16H23N3O3S. The Hall–Kier alpha value is -1.44. The number of carbonyl (C=O) groups excluding carboxylic acids is 2. The van der Waals surface area contributed by atoms with Crippen molar-refractivity contribution in [2.24, 2.45) is 0 Å². The van der Waals surface area contributed by atoms with Crippen LogP contribution >= 0.6 is 11.3 Å². The van der Waals surface area contributed by atoms with E-state index in [0.717, 1.165) is 30.9 Å². The van der Waals surface area contributed by atoms with Crippen molar-refractivity contribution in [2.45, 2.75) is 12.5 Å². The number of hydrogen-bond donors (Lipinski definition) is 0. The summed E-state index contributed by atoms with van der Waals surface area (Å²) in [6.45, 7) is 4.99. The minimum absolute atomic E-state index is 0.0224. The third-order valence-corrected chi connectivity index (χ3v) is 5.47. The van der Waals surface area contributed by atoms with Crippen molar-refractivity contribution in [1.82, 2.24) is 14.7 Å². The van der Waals surface area contributed by atoms with E-state index in [4.69, 9.17) is 4.74 Å². The van der Waals surface area contributed by atoms with Gasteiger partial charge in [-0.25, -0.2) is 0 Å². The van der Waals surface area contributed by atoms with Gasteiger partial charge in [-0.15, -0.1) is 11.3 Å². The van der Waals surface area contributed by atoms with Gasteiger partial charge < -0.3 is 14.5 Å². The van der Waals surface area contributed by atoms with Crippen LogP contribution in [0.4, 0.5) is 0 Å². The molecule has 1 atom stereocenters. The Balaban J connectivity index is 1.51. The lowest BCUT2D eigenvalue weighted by atomic mass is 10.1. The lowest BCUT2D eigenvalue weighted by Crippen LogP contribution is -2.53. The summed E-state index contributed by atoms with van der Waals surface area (Å²) in [5.74, 6) is 0.319. The number of thiophene rings is 1. The van der Waals surface area contributed by atoms with Gasteiger partial charge in [0.15, 0.2) is 0 Å². The van der Waals surface area contributed by atoms with Crippen LogP contribution in [0, 0.1) is 0 Å². The molecule has 2 saturated heterocycles. The second-order valence-corrected chi connectivity index (χ2v) is 6.88. The predicted octanol–water partition coefficient (Wildman–Crippen LogP) is 0.753. The molecule has 23 heavy (non-hydrogen) atoms. The molecule has 0 saturated carbocycles. The van der Waals surface area contributed by atoms with Crippen molar-refractivity contribution in [1.29, 1.82) is 0 Å². The van der Waals surface area contributed by atoms with E-state index in [1.165, 1.54) is 11.3 Å². The van der Waals surface area contributed by atoms with Gasteiger partial charge in [0.05, 0.1) is 17.5 Å². The van der Waals surface area contributed by atoms with E-state index in [2.05, 4.69) is 4.90 Å². The number of rotatable bonds is 5. The molecule has 2 amide bonds. The molecule has 1 aromatic rings. The van der Waals surface area contributed by atoms with Crippen molar-refractivity contribution < 1.29 is 14.3 Å². The first kappa shape index (κ1) is 16.4. The summed E-state index contributed by atoms with van der Waals surface area (Å²) < 4.78 is 5.06. The van der Waals surface area contributed by atoms with Gasteiger partial charge in [-0.05, 0) is 17.9 Å². The Bertz CT molecular complexity index is 541. The number of ether oxygens (including phenoxy) is 1. The van der Waals surface area contributed by atoms with Gasteiger partial charge in [0.2, 0.25) is 5.91 Å². The lowest BCUT2D eigenvalue weighted by molar-refractivity contribution is -0.133. The average molecular weight is 337 g/mol. The van der Waals surface area contributed by atoms with Gasteiger partial charge in [0.1, 0.15) is 0 Å². The summed E-state index contributed by atoms with van der Waals surface area (Å²) in [7, 11) is 1.65. The largest absolute Gasteiger partial charge is 0.383 e. The van der Waals surface area contributed by atoms with Crippen molar-refractivity contribution >= 4 is 23.2 Å². The van der Waals surface area contributed by atoms with Gasteiger partial charge in [-0.2, -0.15) is 0 Å². The maximum Gasteiger partial charge on any atom is 0.264 e. The minimum atomic E-state index is -0.0224. The number of methoxy groups -OCH3 is 1. The SMILES string of the molecule is COCCN1CCC(N2CCN(C(=O)c3cccs3)CC2)C1=O. The highest BCUT2D eigenvalue weighted by Crippen LogP contribution is 2.20. The van der Waals surface area contributed by atoms with E-state index in [1.54, 1.807) is 7.11 Å². The molecule has 1 unspecified atom stereocenters. The van der Waals surface area contributed by atoms with E-state index in [1.807, 2.05) is 27.3 Å². The molecule has 7 heteroatoms. The predicted molar refractivity (Wildman–Crippen MR) is 88.7 cm³/mol. The standard InChI is InChI=1S/C16H23N3O3S/c1-22-11-10-18-5-4-13(15(18)20)17-6-8-19(9-7-17)16(21)14-3-2-12-23-14/h2-3,12-13H,4-11H2,1H3. The van der Waals surface area contributed by atoms with E-state index in [9.17, 15) is 9.59 Å². The van der Waals surface area contributed by atoms with E-state index in [0.29, 0.717) is 26.2 Å². The highest BCUT2D eigenvalue weighted by atomic mass is 32.1. The van der Waals surface area contributed by atoms with Crippen LogP contribution in [0.1, 0.15) is 16.1 Å². The zero-order valence-corrected chi connectivity index (χ0v) is 14.3. The van der Waals surface area contributed by atoms with Crippen LogP contribution in [-0.2, 0) is 9.53 Å². The quantitative estimate of drug-likeness (QED) is 0.796. The minimum Gasteiger partial charge on any atom is -0.383 e. The molecule has 0 aliphatic carbocycles. The van der Waals surface area contributed by atoms with Crippen LogP contribution < -0.4 is 0 Å². The van der Waals surface area contributed by atoms with Crippen LogP contribution in [0.15, 0.2) is 17.5 Å². The molecule has 1 aromatic heterocycles. The number of carbonyl (C=O) groups is 2. The van der Waals surface area contributed by atoms with Crippen molar-refractivity contribution in [3.05, 3.63) is 22.4 Å². The number of nitrogens with zero attached hydrogens (tertiary/aromatic N) is 3. The third-order valence-electron chi connectivity index (χ3n) is 4.61. The summed E-state index contributed by atoms with van der Waals surface area (Å²) in [6, 6.07) is 3.75. The molecular weight excluding hydrogens is 314 g/mol. The normalized spacial score (nSPS) is 22.8. The molecule has 2 aliphatic heterocycles. The zero-order chi connectivity index (χ0) is 16.2. The van der Waals surface area contributed by atoms with Crippen LogP contribution in [0.3, 0.4) is 0 Å². The molecule has 0 spiro atoms. The number of amides is 2. The molecule has 0 radical (unpaired) electrons. The molecule has 2 fully saturated rings. The van der Waals surface area contributed by atoms with Crippen molar-refractivity contribution in [2.75, 3.05) is 53.0 Å². The fraction of sp³-hybridized carbons (Fsp3) is 0.625. The first-order valence-electron chi connectivity index (χ1n) is 8.05. The maximum absolute atomic E-state index is 12.5. The molecule has 0 N–H and O–H groups in total. The summed E-state index contributed by atoms with van der Waals surface area (Å²) in [4.78, 5) is 31.6. The monoisotopic (exact) mass is 337 g/mol. The summed E-state index contributed by atoms with van der Waals surface area (Å²) in [5, 5.41) is 1.93. The molecule has 2 aliphatic rings. The fourth-order valence-corrected chi connectivity index (χ4v) is 3.97. The Morgan fingerprint density at radius 3 is 2.74 bits per heavy atom. The Morgan fingerprint density at radius 1 is 1.30 bits per heavy atom. The molecule has 0 bridgehead atoms. The molecule has 6 nitrogen and oxygen atoms in total. The van der Waals surface area contributed by atoms with Crippen LogP contribution in [-0.4, -0.2) is 85.5 Å². The van der Waals surface area contributed by atoms with E-state index >= 15 is 0 Å². The van der Waals surface area contributed by atoms with Gasteiger partial charge in [-0.3, -0.25) is 14.5 Å².